The Hall–Kier alpha value is -2.86. The second-order valence-corrected chi connectivity index (χ2v) is 6.27. The second kappa shape index (κ2) is 9.01. The van der Waals surface area contributed by atoms with Crippen LogP contribution in [0.3, 0.4) is 0 Å². The lowest BCUT2D eigenvalue weighted by molar-refractivity contribution is -0.121. The van der Waals surface area contributed by atoms with E-state index in [2.05, 4.69) is 15.9 Å². The molecule has 0 saturated heterocycles. The van der Waals surface area contributed by atoms with E-state index >= 15 is 0 Å². The number of ether oxygens (including phenoxy) is 1. The van der Waals surface area contributed by atoms with Gasteiger partial charge in [0.2, 0.25) is 0 Å². The first-order chi connectivity index (χ1) is 12.4. The Morgan fingerprint density at radius 1 is 1.04 bits per heavy atom. The smallest absolute Gasteiger partial charge is 0.163 e. The third-order valence-electron chi connectivity index (χ3n) is 3.45. The van der Waals surface area contributed by atoms with Crippen LogP contribution < -0.4 is 4.74 Å². The van der Waals surface area contributed by atoms with Gasteiger partial charge in [0.15, 0.2) is 23.1 Å². The summed E-state index contributed by atoms with van der Waals surface area (Å²) in [7, 11) is 1.44. The van der Waals surface area contributed by atoms with Gasteiger partial charge in [-0.3, -0.25) is 9.59 Å². The molecule has 0 aliphatic carbocycles. The molecule has 2 N–H and O–H groups in total. The Morgan fingerprint density at radius 2 is 1.65 bits per heavy atom. The van der Waals surface area contributed by atoms with Gasteiger partial charge in [-0.05, 0) is 47.5 Å². The number of halogens is 1. The number of phenols is 2. The van der Waals surface area contributed by atoms with Gasteiger partial charge in [-0.2, -0.15) is 0 Å². The minimum Gasteiger partial charge on any atom is -0.508 e. The van der Waals surface area contributed by atoms with Gasteiger partial charge in [0.05, 0.1) is 13.5 Å². The molecule has 0 heterocycles. The summed E-state index contributed by atoms with van der Waals surface area (Å²) in [6.07, 6.45) is 5.45. The average molecular weight is 417 g/mol. The van der Waals surface area contributed by atoms with Gasteiger partial charge in [-0.15, -0.1) is 0 Å². The van der Waals surface area contributed by atoms with Crippen LogP contribution >= 0.6 is 15.9 Å². The molecule has 0 spiro atoms. The zero-order chi connectivity index (χ0) is 19.1. The number of methoxy groups -OCH3 is 1. The Labute approximate surface area is 159 Å². The number of allylic oxidation sites excluding steroid dienone is 2. The van der Waals surface area contributed by atoms with Crippen molar-refractivity contribution in [3.8, 4) is 17.2 Å². The van der Waals surface area contributed by atoms with Gasteiger partial charge in [0, 0.05) is 4.47 Å². The third-order valence-corrected chi connectivity index (χ3v) is 4.14. The Bertz CT molecular complexity index is 867. The summed E-state index contributed by atoms with van der Waals surface area (Å²) in [4.78, 5) is 23.8. The zero-order valence-corrected chi connectivity index (χ0v) is 15.6. The molecule has 0 aromatic heterocycles. The highest BCUT2D eigenvalue weighted by Crippen LogP contribution is 2.33. The standard InChI is InChI=1S/C20H17BrO5/c1-26-20-12-18(21)14(10-19(20)25)5-9-17(24)11-16(23)8-4-13-2-6-15(22)7-3-13/h2-10,12,22,25H,11H2,1H3/b8-4+,9-5+. The highest BCUT2D eigenvalue weighted by Gasteiger charge is 2.08. The summed E-state index contributed by atoms with van der Waals surface area (Å²) in [5, 5.41) is 19.0. The highest BCUT2D eigenvalue weighted by molar-refractivity contribution is 9.10. The minimum absolute atomic E-state index is 0.0456. The van der Waals surface area contributed by atoms with Crippen molar-refractivity contribution >= 4 is 39.6 Å². The molecule has 134 valence electrons. The highest BCUT2D eigenvalue weighted by atomic mass is 79.9. The number of ketones is 2. The largest absolute Gasteiger partial charge is 0.508 e. The fourth-order valence-electron chi connectivity index (χ4n) is 2.10. The van der Waals surface area contributed by atoms with E-state index in [1.165, 1.54) is 43.5 Å². The topological polar surface area (TPSA) is 83.8 Å². The molecule has 5 nitrogen and oxygen atoms in total. The molecule has 6 heteroatoms. The second-order valence-electron chi connectivity index (χ2n) is 5.41. The number of benzene rings is 2. The fraction of sp³-hybridized carbons (Fsp3) is 0.100. The van der Waals surface area contributed by atoms with Crippen LogP contribution in [-0.2, 0) is 9.59 Å². The van der Waals surface area contributed by atoms with E-state index in [-0.39, 0.29) is 29.5 Å². The fourth-order valence-corrected chi connectivity index (χ4v) is 2.55. The number of carbonyl (C=O) groups is 2. The van der Waals surface area contributed by atoms with Gasteiger partial charge in [0.25, 0.3) is 0 Å². The van der Waals surface area contributed by atoms with E-state index in [0.717, 1.165) is 5.56 Å². The first-order valence-corrected chi connectivity index (χ1v) is 8.45. The molecule has 0 aliphatic rings. The number of hydrogen-bond donors (Lipinski definition) is 2. The first kappa shape index (κ1) is 19.5. The molecule has 0 amide bonds. The molecule has 0 unspecified atom stereocenters. The predicted octanol–water partition coefficient (Wildman–Crippen LogP) is 4.12. The Balaban J connectivity index is 1.97. The molecule has 2 rings (SSSR count). The molecule has 0 fully saturated rings. The molecular weight excluding hydrogens is 400 g/mol. The van der Waals surface area contributed by atoms with Crippen LogP contribution in [0.4, 0.5) is 0 Å². The lowest BCUT2D eigenvalue weighted by Gasteiger charge is -2.06. The summed E-state index contributed by atoms with van der Waals surface area (Å²) in [5.74, 6) is -0.271. The van der Waals surface area contributed by atoms with E-state index in [1.807, 2.05) is 0 Å². The van der Waals surface area contributed by atoms with Crippen molar-refractivity contribution in [3.63, 3.8) is 0 Å². The van der Waals surface area contributed by atoms with Crippen LogP contribution in [0.1, 0.15) is 17.5 Å². The number of rotatable bonds is 7. The molecule has 0 radical (unpaired) electrons. The van der Waals surface area contributed by atoms with E-state index < -0.39 is 0 Å². The summed E-state index contributed by atoms with van der Waals surface area (Å²) in [6.45, 7) is 0. The van der Waals surface area contributed by atoms with Crippen molar-refractivity contribution in [1.82, 2.24) is 0 Å². The normalized spacial score (nSPS) is 11.2. The SMILES string of the molecule is COc1cc(Br)c(/C=C/C(=O)CC(=O)/C=C/c2ccc(O)cc2)cc1O. The number of phenolic OH excluding ortho intramolecular Hbond substituents is 2. The number of aromatic hydroxyl groups is 2. The van der Waals surface area contributed by atoms with Crippen LogP contribution in [0.25, 0.3) is 12.2 Å². The van der Waals surface area contributed by atoms with Crippen molar-refractivity contribution in [3.05, 3.63) is 64.1 Å². The van der Waals surface area contributed by atoms with Gasteiger partial charge in [-0.25, -0.2) is 0 Å². The van der Waals surface area contributed by atoms with Gasteiger partial charge in [0.1, 0.15) is 5.75 Å². The molecule has 2 aromatic carbocycles. The van der Waals surface area contributed by atoms with Gasteiger partial charge in [-0.1, -0.05) is 40.2 Å². The van der Waals surface area contributed by atoms with E-state index in [4.69, 9.17) is 4.74 Å². The Kier molecular flexibility index (Phi) is 6.74. The summed E-state index contributed by atoms with van der Waals surface area (Å²) in [5.41, 5.74) is 1.33. The van der Waals surface area contributed by atoms with Crippen molar-refractivity contribution in [1.29, 1.82) is 0 Å². The quantitative estimate of drug-likeness (QED) is 0.523. The predicted molar refractivity (Wildman–Crippen MR) is 103 cm³/mol. The maximum Gasteiger partial charge on any atom is 0.163 e. The minimum atomic E-state index is -0.354. The molecular formula is C20H17BrO5. The molecule has 0 bridgehead atoms. The van der Waals surface area contributed by atoms with Crippen molar-refractivity contribution in [2.24, 2.45) is 0 Å². The van der Waals surface area contributed by atoms with Gasteiger partial charge >= 0.3 is 0 Å². The number of hydrogen-bond acceptors (Lipinski definition) is 5. The first-order valence-electron chi connectivity index (χ1n) is 7.66. The average Bonchev–Trinajstić information content (AvgIpc) is 2.61. The van der Waals surface area contributed by atoms with E-state index in [9.17, 15) is 19.8 Å². The summed E-state index contributed by atoms with van der Waals surface area (Å²) in [6, 6.07) is 9.40. The lowest BCUT2D eigenvalue weighted by Crippen LogP contribution is -2.01. The van der Waals surface area contributed by atoms with Gasteiger partial charge < -0.3 is 14.9 Å². The van der Waals surface area contributed by atoms with Crippen LogP contribution in [0.15, 0.2) is 53.0 Å². The van der Waals surface area contributed by atoms with Crippen LogP contribution in [-0.4, -0.2) is 28.9 Å². The summed E-state index contributed by atoms with van der Waals surface area (Å²) >= 11 is 3.33. The van der Waals surface area contributed by atoms with Crippen molar-refractivity contribution in [2.75, 3.05) is 7.11 Å². The van der Waals surface area contributed by atoms with Crippen molar-refractivity contribution < 1.29 is 24.5 Å². The van der Waals surface area contributed by atoms with Crippen molar-refractivity contribution in [2.45, 2.75) is 6.42 Å². The Morgan fingerprint density at radius 3 is 2.27 bits per heavy atom. The molecule has 2 aromatic rings. The van der Waals surface area contributed by atoms with E-state index in [0.29, 0.717) is 15.8 Å². The number of carbonyl (C=O) groups excluding carboxylic acids is 2. The van der Waals surface area contributed by atoms with E-state index in [1.54, 1.807) is 24.3 Å². The summed E-state index contributed by atoms with van der Waals surface area (Å²) < 4.78 is 5.64. The molecule has 0 atom stereocenters. The monoisotopic (exact) mass is 416 g/mol. The maximum absolute atomic E-state index is 11.9. The zero-order valence-electron chi connectivity index (χ0n) is 14.0. The lowest BCUT2D eigenvalue weighted by atomic mass is 10.1. The maximum atomic E-state index is 11.9. The molecule has 26 heavy (non-hydrogen) atoms. The van der Waals surface area contributed by atoms with Crippen LogP contribution in [0.5, 0.6) is 17.2 Å². The van der Waals surface area contributed by atoms with Crippen LogP contribution in [0.2, 0.25) is 0 Å². The molecule has 0 saturated carbocycles. The third kappa shape index (κ3) is 5.60. The van der Waals surface area contributed by atoms with Crippen LogP contribution in [0, 0.1) is 0 Å². The molecule has 0 aliphatic heterocycles.